The Morgan fingerprint density at radius 1 is 1.11 bits per heavy atom. The van der Waals surface area contributed by atoms with E-state index in [0.29, 0.717) is 18.1 Å². The van der Waals surface area contributed by atoms with Gasteiger partial charge < -0.3 is 0 Å². The van der Waals surface area contributed by atoms with Crippen molar-refractivity contribution in [2.24, 2.45) is 5.10 Å². The van der Waals surface area contributed by atoms with E-state index in [4.69, 9.17) is 0 Å². The molecule has 28 heavy (non-hydrogen) atoms. The maximum absolute atomic E-state index is 13.0. The third-order valence-corrected chi connectivity index (χ3v) is 6.21. The minimum Gasteiger partial charge on any atom is -0.272 e. The first-order valence-corrected chi connectivity index (χ1v) is 10.9. The van der Waals surface area contributed by atoms with Crippen molar-refractivity contribution >= 4 is 34.7 Å². The van der Waals surface area contributed by atoms with E-state index in [9.17, 15) is 9.18 Å². The van der Waals surface area contributed by atoms with Crippen LogP contribution in [0.25, 0.3) is 10.6 Å². The molecular formula is C21H18FN3OS2. The average molecular weight is 412 g/mol. The zero-order valence-electron chi connectivity index (χ0n) is 15.0. The molecule has 3 aromatic rings. The molecule has 0 fully saturated rings. The normalized spacial score (nSPS) is 13.6. The van der Waals surface area contributed by atoms with E-state index >= 15 is 0 Å². The molecule has 0 aliphatic carbocycles. The lowest BCUT2D eigenvalue weighted by Gasteiger charge is -2.10. The Morgan fingerprint density at radius 2 is 1.89 bits per heavy atom. The van der Waals surface area contributed by atoms with E-state index in [1.54, 1.807) is 17.1 Å². The van der Waals surface area contributed by atoms with Gasteiger partial charge in [0.05, 0.1) is 23.7 Å². The number of thiazole rings is 1. The number of aromatic nitrogens is 1. The minimum atomic E-state index is -0.255. The Bertz CT molecular complexity index is 986. The largest absolute Gasteiger partial charge is 0.272 e. The number of carbonyl (C=O) groups excluding carboxylic acids is 1. The van der Waals surface area contributed by atoms with Crippen molar-refractivity contribution in [2.75, 3.05) is 12.3 Å². The third-order valence-electron chi connectivity index (χ3n) is 4.32. The SMILES string of the molecule is O=C(CSCc1csc(-c2ccc(F)cc2)n1)N1CCC(c2ccccc2)=N1. The summed E-state index contributed by atoms with van der Waals surface area (Å²) in [6.45, 7) is 0.634. The summed E-state index contributed by atoms with van der Waals surface area (Å²) in [4.78, 5) is 17.0. The molecule has 4 nitrogen and oxygen atoms in total. The number of nitrogens with zero attached hydrogens (tertiary/aromatic N) is 3. The quantitative estimate of drug-likeness (QED) is 0.584. The monoisotopic (exact) mass is 411 g/mol. The molecular weight excluding hydrogens is 393 g/mol. The number of hydrazone groups is 1. The molecule has 0 saturated heterocycles. The second-order valence-electron chi connectivity index (χ2n) is 6.32. The lowest BCUT2D eigenvalue weighted by Crippen LogP contribution is -2.25. The fourth-order valence-electron chi connectivity index (χ4n) is 2.89. The zero-order valence-corrected chi connectivity index (χ0v) is 16.7. The van der Waals surface area contributed by atoms with Crippen molar-refractivity contribution in [2.45, 2.75) is 12.2 Å². The first-order chi connectivity index (χ1) is 13.7. The summed E-state index contributed by atoms with van der Waals surface area (Å²) in [6, 6.07) is 16.3. The topological polar surface area (TPSA) is 45.6 Å². The Kier molecular flexibility index (Phi) is 5.83. The predicted octanol–water partition coefficient (Wildman–Crippen LogP) is 4.82. The van der Waals surface area contributed by atoms with Crippen molar-refractivity contribution in [3.05, 3.63) is 77.1 Å². The van der Waals surface area contributed by atoms with Gasteiger partial charge in [0.1, 0.15) is 10.8 Å². The Labute approximate surface area is 171 Å². The lowest BCUT2D eigenvalue weighted by molar-refractivity contribution is -0.127. The van der Waals surface area contributed by atoms with Gasteiger partial charge in [-0.25, -0.2) is 14.4 Å². The maximum atomic E-state index is 13.0. The molecule has 0 atom stereocenters. The number of hydrogen-bond acceptors (Lipinski definition) is 5. The summed E-state index contributed by atoms with van der Waals surface area (Å²) in [5.74, 6) is 0.793. The van der Waals surface area contributed by atoms with Gasteiger partial charge in [-0.05, 0) is 29.8 Å². The van der Waals surface area contributed by atoms with Crippen LogP contribution >= 0.6 is 23.1 Å². The van der Waals surface area contributed by atoms with Crippen molar-refractivity contribution in [3.8, 4) is 10.6 Å². The van der Waals surface area contributed by atoms with Gasteiger partial charge in [-0.2, -0.15) is 5.10 Å². The molecule has 2 heterocycles. The van der Waals surface area contributed by atoms with Crippen LogP contribution in [-0.4, -0.2) is 33.9 Å². The van der Waals surface area contributed by atoms with Gasteiger partial charge in [-0.1, -0.05) is 30.3 Å². The van der Waals surface area contributed by atoms with Gasteiger partial charge in [0.15, 0.2) is 0 Å². The molecule has 1 aromatic heterocycles. The van der Waals surface area contributed by atoms with Crippen LogP contribution < -0.4 is 0 Å². The molecule has 0 unspecified atom stereocenters. The summed E-state index contributed by atoms with van der Waals surface area (Å²) in [5.41, 5.74) is 3.86. The highest BCUT2D eigenvalue weighted by Gasteiger charge is 2.21. The van der Waals surface area contributed by atoms with Gasteiger partial charge in [0, 0.05) is 23.1 Å². The van der Waals surface area contributed by atoms with Gasteiger partial charge in [-0.15, -0.1) is 23.1 Å². The Balaban J connectivity index is 1.29. The fourth-order valence-corrected chi connectivity index (χ4v) is 4.60. The molecule has 2 aromatic carbocycles. The van der Waals surface area contributed by atoms with E-state index < -0.39 is 0 Å². The number of amides is 1. The van der Waals surface area contributed by atoms with Crippen LogP contribution in [-0.2, 0) is 10.5 Å². The molecule has 142 valence electrons. The average Bonchev–Trinajstić information content (AvgIpc) is 3.39. The summed E-state index contributed by atoms with van der Waals surface area (Å²) < 4.78 is 13.0. The highest BCUT2D eigenvalue weighted by Crippen LogP contribution is 2.26. The highest BCUT2D eigenvalue weighted by molar-refractivity contribution is 7.99. The first kappa shape index (κ1) is 18.8. The van der Waals surface area contributed by atoms with E-state index in [0.717, 1.165) is 34.0 Å². The van der Waals surface area contributed by atoms with E-state index in [1.807, 2.05) is 35.7 Å². The molecule has 1 amide bonds. The Hall–Kier alpha value is -2.51. The molecule has 0 N–H and O–H groups in total. The van der Waals surface area contributed by atoms with Gasteiger partial charge in [0.2, 0.25) is 0 Å². The number of carbonyl (C=O) groups is 1. The number of thioether (sulfide) groups is 1. The number of halogens is 1. The van der Waals surface area contributed by atoms with Gasteiger partial charge >= 0.3 is 0 Å². The summed E-state index contributed by atoms with van der Waals surface area (Å²) in [5, 5.41) is 8.89. The summed E-state index contributed by atoms with van der Waals surface area (Å²) in [6.07, 6.45) is 0.785. The van der Waals surface area contributed by atoms with Crippen molar-refractivity contribution in [1.29, 1.82) is 0 Å². The van der Waals surface area contributed by atoms with Crippen LogP contribution in [0.2, 0.25) is 0 Å². The first-order valence-electron chi connectivity index (χ1n) is 8.90. The van der Waals surface area contributed by atoms with Crippen LogP contribution in [0.5, 0.6) is 0 Å². The van der Waals surface area contributed by atoms with Crippen molar-refractivity contribution in [1.82, 2.24) is 9.99 Å². The molecule has 0 saturated carbocycles. The smallest absolute Gasteiger partial charge is 0.252 e. The molecule has 7 heteroatoms. The van der Waals surface area contributed by atoms with E-state index in [-0.39, 0.29) is 11.7 Å². The van der Waals surface area contributed by atoms with Gasteiger partial charge in [0.25, 0.3) is 5.91 Å². The van der Waals surface area contributed by atoms with Crippen molar-refractivity contribution < 1.29 is 9.18 Å². The summed E-state index contributed by atoms with van der Waals surface area (Å²) >= 11 is 3.06. The maximum Gasteiger partial charge on any atom is 0.252 e. The minimum absolute atomic E-state index is 0.0184. The van der Waals surface area contributed by atoms with Crippen LogP contribution in [0.4, 0.5) is 4.39 Å². The number of benzene rings is 2. The summed E-state index contributed by atoms with van der Waals surface area (Å²) in [7, 11) is 0. The van der Waals surface area contributed by atoms with Gasteiger partial charge in [-0.3, -0.25) is 4.79 Å². The Morgan fingerprint density at radius 3 is 2.68 bits per heavy atom. The zero-order chi connectivity index (χ0) is 19.3. The fraction of sp³-hybridized carbons (Fsp3) is 0.190. The standard InChI is InChI=1S/C21H18FN3OS2/c22-17-8-6-16(7-9-17)21-23-18(13-28-21)12-27-14-20(26)25-11-10-19(24-25)15-4-2-1-3-5-15/h1-9,13H,10-12,14H2. The molecule has 0 radical (unpaired) electrons. The van der Waals surface area contributed by atoms with Crippen LogP contribution in [0.15, 0.2) is 65.1 Å². The van der Waals surface area contributed by atoms with Crippen LogP contribution in [0, 0.1) is 5.82 Å². The molecule has 0 bridgehead atoms. The second-order valence-corrected chi connectivity index (χ2v) is 8.17. The van der Waals surface area contributed by atoms with Crippen LogP contribution in [0.3, 0.4) is 0 Å². The van der Waals surface area contributed by atoms with E-state index in [2.05, 4.69) is 10.1 Å². The molecule has 1 aliphatic rings. The lowest BCUT2D eigenvalue weighted by atomic mass is 10.1. The van der Waals surface area contributed by atoms with E-state index in [1.165, 1.54) is 35.2 Å². The van der Waals surface area contributed by atoms with Crippen LogP contribution in [0.1, 0.15) is 17.7 Å². The van der Waals surface area contributed by atoms with Crippen molar-refractivity contribution in [3.63, 3.8) is 0 Å². The molecule has 0 spiro atoms. The number of rotatable bonds is 6. The third kappa shape index (κ3) is 4.48. The predicted molar refractivity (Wildman–Crippen MR) is 113 cm³/mol. The number of hydrogen-bond donors (Lipinski definition) is 0. The molecule has 4 rings (SSSR count). The highest BCUT2D eigenvalue weighted by atomic mass is 32.2. The molecule has 1 aliphatic heterocycles. The second kappa shape index (κ2) is 8.67.